The molecule has 3 aromatic rings. The number of halogens is 1. The van der Waals surface area contributed by atoms with E-state index in [0.29, 0.717) is 17.2 Å². The van der Waals surface area contributed by atoms with Crippen LogP contribution in [0.3, 0.4) is 0 Å². The Kier molecular flexibility index (Phi) is 5.34. The van der Waals surface area contributed by atoms with Crippen molar-refractivity contribution in [3.8, 4) is 11.5 Å². The zero-order chi connectivity index (χ0) is 25.1. The number of hydrogen-bond donors (Lipinski definition) is 0. The molecule has 0 N–H and O–H groups in total. The monoisotopic (exact) mass is 543 g/mol. The molecule has 180 valence electrons. The van der Waals surface area contributed by atoms with Crippen LogP contribution in [0.4, 0.5) is 5.69 Å². The molecule has 2 amide bonds. The number of rotatable bonds is 3. The number of benzene rings is 3. The Bertz CT molecular complexity index is 1440. The topological polar surface area (TPSA) is 72.9 Å². The molecule has 0 radical (unpaired) electrons. The van der Waals surface area contributed by atoms with Crippen LogP contribution in [-0.4, -0.2) is 24.9 Å². The van der Waals surface area contributed by atoms with E-state index in [9.17, 15) is 14.4 Å². The van der Waals surface area contributed by atoms with Crippen molar-refractivity contribution in [2.24, 2.45) is 17.8 Å². The molecule has 1 fully saturated rings. The number of hydrogen-bond acceptors (Lipinski definition) is 5. The van der Waals surface area contributed by atoms with E-state index in [1.54, 1.807) is 31.4 Å². The van der Waals surface area contributed by atoms with Crippen LogP contribution in [0.25, 0.3) is 5.57 Å². The van der Waals surface area contributed by atoms with Crippen LogP contribution in [0.2, 0.25) is 0 Å². The van der Waals surface area contributed by atoms with Crippen molar-refractivity contribution in [2.75, 3.05) is 12.0 Å². The third-order valence-electron chi connectivity index (χ3n) is 7.34. The lowest BCUT2D eigenvalue weighted by atomic mass is 9.64. The van der Waals surface area contributed by atoms with E-state index in [0.717, 1.165) is 26.7 Å². The highest BCUT2D eigenvalue weighted by Crippen LogP contribution is 2.54. The Morgan fingerprint density at radius 3 is 2.28 bits per heavy atom. The van der Waals surface area contributed by atoms with Crippen LogP contribution >= 0.6 is 15.9 Å². The molecule has 0 spiro atoms. The first kappa shape index (κ1) is 22.7. The summed E-state index contributed by atoms with van der Waals surface area (Å²) in [5, 5.41) is 0. The standard InChI is InChI=1S/C29H22BrNO5/c1-15-3-12-20-22-14-21(16-4-10-19(35-2)11-5-16)24-26(25(22)29(34)36-23(20)13-15)28(33)31(27(24)32)18-8-6-17(30)7-9-18/h3-14,21,24-26H,1-2H3/t21-,24-,25-,26+/m0/s1. The first-order chi connectivity index (χ1) is 17.4. The Morgan fingerprint density at radius 1 is 0.889 bits per heavy atom. The zero-order valence-electron chi connectivity index (χ0n) is 19.6. The van der Waals surface area contributed by atoms with Crippen molar-refractivity contribution in [3.63, 3.8) is 0 Å². The maximum atomic E-state index is 13.9. The number of imide groups is 1. The van der Waals surface area contributed by atoms with Gasteiger partial charge in [-0.2, -0.15) is 0 Å². The molecule has 4 atom stereocenters. The second-order valence-electron chi connectivity index (χ2n) is 9.36. The summed E-state index contributed by atoms with van der Waals surface area (Å²) in [6.45, 7) is 1.93. The van der Waals surface area contributed by atoms with E-state index in [1.165, 1.54) is 4.90 Å². The van der Waals surface area contributed by atoms with Crippen LogP contribution < -0.4 is 14.4 Å². The summed E-state index contributed by atoms with van der Waals surface area (Å²) in [6, 6.07) is 20.3. The summed E-state index contributed by atoms with van der Waals surface area (Å²) in [7, 11) is 1.60. The van der Waals surface area contributed by atoms with Gasteiger partial charge in [0.2, 0.25) is 11.8 Å². The second-order valence-corrected chi connectivity index (χ2v) is 10.3. The summed E-state index contributed by atoms with van der Waals surface area (Å²) in [4.78, 5) is 42.4. The van der Waals surface area contributed by atoms with Gasteiger partial charge in [-0.05, 0) is 66.1 Å². The Balaban J connectivity index is 1.54. The molecule has 1 aliphatic carbocycles. The Morgan fingerprint density at radius 2 is 1.58 bits per heavy atom. The van der Waals surface area contributed by atoms with Gasteiger partial charge in [0.25, 0.3) is 0 Å². The van der Waals surface area contributed by atoms with E-state index in [-0.39, 0.29) is 11.8 Å². The fraction of sp³-hybridized carbons (Fsp3) is 0.207. The maximum absolute atomic E-state index is 13.9. The highest BCUT2D eigenvalue weighted by Gasteiger charge is 2.60. The normalized spacial score (nSPS) is 24.5. The molecule has 2 aliphatic heterocycles. The highest BCUT2D eigenvalue weighted by atomic mass is 79.9. The van der Waals surface area contributed by atoms with E-state index in [1.807, 2.05) is 55.5 Å². The maximum Gasteiger partial charge on any atom is 0.319 e. The molecule has 0 bridgehead atoms. The first-order valence-electron chi connectivity index (χ1n) is 11.7. The number of carbonyl (C=O) groups is 3. The molecule has 0 unspecified atom stereocenters. The molecular formula is C29H22BrNO5. The van der Waals surface area contributed by atoms with Crippen LogP contribution in [0, 0.1) is 24.7 Å². The van der Waals surface area contributed by atoms with Crippen LogP contribution in [0.1, 0.15) is 22.6 Å². The fourth-order valence-electron chi connectivity index (χ4n) is 5.66. The lowest BCUT2D eigenvalue weighted by Crippen LogP contribution is -2.42. The molecule has 2 heterocycles. The lowest BCUT2D eigenvalue weighted by molar-refractivity contribution is -0.142. The van der Waals surface area contributed by atoms with Crippen molar-refractivity contribution in [1.82, 2.24) is 0 Å². The number of amides is 2. The average molecular weight is 544 g/mol. The highest BCUT2D eigenvalue weighted by molar-refractivity contribution is 9.10. The summed E-state index contributed by atoms with van der Waals surface area (Å²) in [5.41, 5.74) is 3.85. The minimum Gasteiger partial charge on any atom is -0.497 e. The Hall–Kier alpha value is -3.71. The van der Waals surface area contributed by atoms with Gasteiger partial charge in [-0.15, -0.1) is 0 Å². The molecule has 36 heavy (non-hydrogen) atoms. The van der Waals surface area contributed by atoms with Gasteiger partial charge in [-0.1, -0.05) is 46.3 Å². The largest absolute Gasteiger partial charge is 0.497 e. The third-order valence-corrected chi connectivity index (χ3v) is 7.86. The van der Waals surface area contributed by atoms with Crippen LogP contribution in [-0.2, 0) is 14.4 Å². The van der Waals surface area contributed by atoms with Crippen LogP contribution in [0.15, 0.2) is 77.3 Å². The predicted molar refractivity (Wildman–Crippen MR) is 138 cm³/mol. The summed E-state index contributed by atoms with van der Waals surface area (Å²) >= 11 is 3.40. The molecule has 3 aromatic carbocycles. The lowest BCUT2D eigenvalue weighted by Gasteiger charge is -2.38. The van der Waals surface area contributed by atoms with Crippen molar-refractivity contribution < 1.29 is 23.9 Å². The Labute approximate surface area is 216 Å². The second kappa shape index (κ2) is 8.45. The van der Waals surface area contributed by atoms with Crippen molar-refractivity contribution >= 4 is 45.0 Å². The quantitative estimate of drug-likeness (QED) is 0.255. The van der Waals surface area contributed by atoms with E-state index in [4.69, 9.17) is 9.47 Å². The third kappa shape index (κ3) is 3.41. The molecule has 0 aromatic heterocycles. The van der Waals surface area contributed by atoms with E-state index in [2.05, 4.69) is 15.9 Å². The summed E-state index contributed by atoms with van der Waals surface area (Å²) in [6.07, 6.45) is 1.98. The number of carbonyl (C=O) groups excluding carboxylic acids is 3. The molecule has 0 saturated carbocycles. The molecule has 3 aliphatic rings. The van der Waals surface area contributed by atoms with Gasteiger partial charge in [0.15, 0.2) is 0 Å². The number of allylic oxidation sites excluding steroid dienone is 1. The van der Waals surface area contributed by atoms with Crippen molar-refractivity contribution in [3.05, 3.63) is 94.0 Å². The number of aryl methyl sites for hydroxylation is 1. The first-order valence-corrected chi connectivity index (χ1v) is 12.5. The smallest absolute Gasteiger partial charge is 0.319 e. The number of methoxy groups -OCH3 is 1. The summed E-state index contributed by atoms with van der Waals surface area (Å²) < 4.78 is 11.9. The number of esters is 1. The van der Waals surface area contributed by atoms with Gasteiger partial charge in [0.05, 0.1) is 30.6 Å². The molecular weight excluding hydrogens is 522 g/mol. The minimum absolute atomic E-state index is 0.314. The minimum atomic E-state index is -0.866. The zero-order valence-corrected chi connectivity index (χ0v) is 21.2. The van der Waals surface area contributed by atoms with E-state index < -0.39 is 29.6 Å². The van der Waals surface area contributed by atoms with Gasteiger partial charge in [-0.3, -0.25) is 14.4 Å². The average Bonchev–Trinajstić information content (AvgIpc) is 3.14. The van der Waals surface area contributed by atoms with Gasteiger partial charge in [0.1, 0.15) is 11.5 Å². The number of fused-ring (bicyclic) bond motifs is 5. The fourth-order valence-corrected chi connectivity index (χ4v) is 5.93. The van der Waals surface area contributed by atoms with Gasteiger partial charge >= 0.3 is 5.97 Å². The van der Waals surface area contributed by atoms with E-state index >= 15 is 0 Å². The SMILES string of the molecule is COc1ccc([C@@H]2C=C3c4ccc(C)cc4OC(=O)[C@@H]3[C@@H]3C(=O)N(c4ccc(Br)cc4)C(=O)[C@H]32)cc1. The van der Waals surface area contributed by atoms with Crippen molar-refractivity contribution in [2.45, 2.75) is 12.8 Å². The molecule has 6 rings (SSSR count). The van der Waals surface area contributed by atoms with Crippen molar-refractivity contribution in [1.29, 1.82) is 0 Å². The van der Waals surface area contributed by atoms with Gasteiger partial charge in [-0.25, -0.2) is 4.90 Å². The predicted octanol–water partition coefficient (Wildman–Crippen LogP) is 5.29. The van der Waals surface area contributed by atoms with Crippen LogP contribution in [0.5, 0.6) is 11.5 Å². The molecule has 7 heteroatoms. The number of nitrogens with zero attached hydrogens (tertiary/aromatic N) is 1. The number of ether oxygens (including phenoxy) is 2. The number of anilines is 1. The van der Waals surface area contributed by atoms with Gasteiger partial charge < -0.3 is 9.47 Å². The molecule has 6 nitrogen and oxygen atoms in total. The summed E-state index contributed by atoms with van der Waals surface area (Å²) in [5.74, 6) is -2.86. The molecule has 1 saturated heterocycles. The van der Waals surface area contributed by atoms with Gasteiger partial charge in [0, 0.05) is 16.0 Å².